The number of pyridine rings is 1. The van der Waals surface area contributed by atoms with Crippen molar-refractivity contribution in [2.45, 2.75) is 42.9 Å². The molecule has 198 valence electrons. The number of benzene rings is 2. The highest BCUT2D eigenvalue weighted by atomic mass is 32.2. The van der Waals surface area contributed by atoms with E-state index < -0.39 is 27.6 Å². The molecule has 0 aliphatic heterocycles. The number of alkyl halides is 3. The molecule has 1 aliphatic rings. The first-order chi connectivity index (χ1) is 17.8. The first kappa shape index (κ1) is 25.8. The highest BCUT2D eigenvalue weighted by molar-refractivity contribution is 7.89. The molecule has 5 rings (SSSR count). The Morgan fingerprint density at radius 3 is 2.34 bits per heavy atom. The minimum Gasteiger partial charge on any atom is -0.354 e. The van der Waals surface area contributed by atoms with Gasteiger partial charge in [-0.1, -0.05) is 6.07 Å². The van der Waals surface area contributed by atoms with Crippen LogP contribution in [-0.2, 0) is 16.6 Å². The summed E-state index contributed by atoms with van der Waals surface area (Å²) in [6.07, 6.45) is -4.72. The van der Waals surface area contributed by atoms with Gasteiger partial charge in [-0.15, -0.1) is 0 Å². The molecular formula is C25H22F4N6O2S. The zero-order valence-corrected chi connectivity index (χ0v) is 20.8. The summed E-state index contributed by atoms with van der Waals surface area (Å²) < 4.78 is 78.2. The van der Waals surface area contributed by atoms with Crippen LogP contribution < -0.4 is 15.8 Å². The van der Waals surface area contributed by atoms with Gasteiger partial charge in [0.15, 0.2) is 5.82 Å². The largest absolute Gasteiger partial charge is 0.411 e. The van der Waals surface area contributed by atoms with E-state index in [9.17, 15) is 26.0 Å². The lowest BCUT2D eigenvalue weighted by Crippen LogP contribution is -2.39. The van der Waals surface area contributed by atoms with E-state index in [1.165, 1.54) is 36.4 Å². The van der Waals surface area contributed by atoms with Crippen molar-refractivity contribution in [3.05, 3.63) is 71.5 Å². The Labute approximate surface area is 215 Å². The van der Waals surface area contributed by atoms with Crippen LogP contribution in [0.4, 0.5) is 29.3 Å². The summed E-state index contributed by atoms with van der Waals surface area (Å²) >= 11 is 0. The van der Waals surface area contributed by atoms with Crippen LogP contribution in [0, 0.1) is 12.7 Å². The number of nitrogens with zero attached hydrogens (tertiary/aromatic N) is 3. The van der Waals surface area contributed by atoms with Crippen molar-refractivity contribution in [3.8, 4) is 11.3 Å². The smallest absolute Gasteiger partial charge is 0.354 e. The lowest BCUT2D eigenvalue weighted by atomic mass is 10.1. The number of anilines is 2. The summed E-state index contributed by atoms with van der Waals surface area (Å²) in [4.78, 5) is 13.1. The molecule has 8 nitrogen and oxygen atoms in total. The zero-order chi connectivity index (χ0) is 27.3. The second-order valence-electron chi connectivity index (χ2n) is 9.22. The number of sulfonamides is 1. The Morgan fingerprint density at radius 2 is 1.71 bits per heavy atom. The predicted molar refractivity (Wildman–Crippen MR) is 134 cm³/mol. The van der Waals surface area contributed by atoms with E-state index >= 15 is 0 Å². The Morgan fingerprint density at radius 1 is 1.00 bits per heavy atom. The van der Waals surface area contributed by atoms with Gasteiger partial charge in [0, 0.05) is 12.1 Å². The molecule has 0 unspecified atom stereocenters. The third-order valence-corrected chi connectivity index (χ3v) is 7.12. The molecule has 0 amide bonds. The van der Waals surface area contributed by atoms with Crippen molar-refractivity contribution in [1.29, 1.82) is 0 Å². The molecule has 1 saturated carbocycles. The fraction of sp³-hybridized carbons (Fsp3) is 0.240. The third kappa shape index (κ3) is 5.24. The van der Waals surface area contributed by atoms with Crippen LogP contribution in [-0.4, -0.2) is 35.1 Å². The van der Waals surface area contributed by atoms with Crippen LogP contribution in [0.1, 0.15) is 24.0 Å². The van der Waals surface area contributed by atoms with Crippen LogP contribution >= 0.6 is 0 Å². The van der Waals surface area contributed by atoms with Crippen LogP contribution in [0.25, 0.3) is 22.3 Å². The number of fused-ring (bicyclic) bond motifs is 1. The van der Waals surface area contributed by atoms with Crippen molar-refractivity contribution in [3.63, 3.8) is 0 Å². The topological polar surface area (TPSA) is 123 Å². The molecule has 4 N–H and O–H groups in total. The quantitative estimate of drug-likeness (QED) is 0.282. The van der Waals surface area contributed by atoms with E-state index in [0.29, 0.717) is 22.4 Å². The number of primary sulfonamides is 1. The van der Waals surface area contributed by atoms with Gasteiger partial charge in [-0.2, -0.15) is 18.2 Å². The molecule has 0 atom stereocenters. The van der Waals surface area contributed by atoms with E-state index in [4.69, 9.17) is 5.14 Å². The predicted octanol–water partition coefficient (Wildman–Crippen LogP) is 4.91. The molecule has 2 aromatic carbocycles. The summed E-state index contributed by atoms with van der Waals surface area (Å²) in [6.45, 7) is 1.80. The monoisotopic (exact) mass is 546 g/mol. The average Bonchev–Trinajstić information content (AvgIpc) is 3.63. The van der Waals surface area contributed by atoms with Crippen molar-refractivity contribution in [2.24, 2.45) is 5.14 Å². The molecule has 0 radical (unpaired) electrons. The normalized spacial score (nSPS) is 14.9. The highest BCUT2D eigenvalue weighted by Crippen LogP contribution is 2.51. The number of aryl methyl sites for hydroxylation is 1. The molecule has 0 spiro atoms. The van der Waals surface area contributed by atoms with Crippen LogP contribution in [0.5, 0.6) is 0 Å². The van der Waals surface area contributed by atoms with Gasteiger partial charge in [-0.05, 0) is 79.4 Å². The van der Waals surface area contributed by atoms with Crippen molar-refractivity contribution < 1.29 is 26.0 Å². The fourth-order valence-corrected chi connectivity index (χ4v) is 4.73. The van der Waals surface area contributed by atoms with Gasteiger partial charge in [-0.25, -0.2) is 27.9 Å². The maximum absolute atomic E-state index is 13.8. The van der Waals surface area contributed by atoms with Gasteiger partial charge in [0.25, 0.3) is 0 Å². The molecule has 38 heavy (non-hydrogen) atoms. The summed E-state index contributed by atoms with van der Waals surface area (Å²) in [5.41, 5.74) is 0.503. The maximum Gasteiger partial charge on any atom is 0.411 e. The molecule has 1 fully saturated rings. The second-order valence-corrected chi connectivity index (χ2v) is 10.8. The minimum atomic E-state index is -4.50. The standard InChI is InChI=1S/C25H22F4N6O2S/c1-14-10-15(12-18(11-14)38(30,36)37)13-31-23-33-20-7-6-19(16-2-4-17(26)5-3-16)32-21(20)22(34-23)35-24(8-9-24)25(27,28)29/h2-7,10-12H,8-9,13H2,1H3,(H2,30,36,37)(H2,31,33,34,35). The van der Waals surface area contributed by atoms with E-state index in [2.05, 4.69) is 25.6 Å². The van der Waals surface area contributed by atoms with Crippen molar-refractivity contribution in [1.82, 2.24) is 15.0 Å². The van der Waals surface area contributed by atoms with Gasteiger partial charge < -0.3 is 10.6 Å². The van der Waals surface area contributed by atoms with E-state index in [0.717, 1.165) is 0 Å². The minimum absolute atomic E-state index is 0.0213. The Kier molecular flexibility index (Phi) is 6.22. The molecule has 2 aromatic heterocycles. The van der Waals surface area contributed by atoms with Crippen LogP contribution in [0.2, 0.25) is 0 Å². The fourth-order valence-electron chi connectivity index (χ4n) is 4.06. The molecule has 1 aliphatic carbocycles. The number of aromatic nitrogens is 3. The summed E-state index contributed by atoms with van der Waals surface area (Å²) in [7, 11) is -3.93. The van der Waals surface area contributed by atoms with Crippen LogP contribution in [0.15, 0.2) is 59.5 Å². The number of nitrogens with two attached hydrogens (primary N) is 1. The van der Waals surface area contributed by atoms with Gasteiger partial charge in [0.1, 0.15) is 16.9 Å². The number of rotatable bonds is 7. The van der Waals surface area contributed by atoms with Crippen molar-refractivity contribution >= 4 is 32.8 Å². The summed E-state index contributed by atoms with van der Waals surface area (Å²) in [6, 6.07) is 13.4. The molecule has 13 heteroatoms. The second kappa shape index (κ2) is 9.17. The maximum atomic E-state index is 13.8. The first-order valence-corrected chi connectivity index (χ1v) is 13.0. The summed E-state index contributed by atoms with van der Waals surface area (Å²) in [5, 5.41) is 10.7. The van der Waals surface area contributed by atoms with Gasteiger partial charge >= 0.3 is 6.18 Å². The number of hydrogen-bond donors (Lipinski definition) is 3. The van der Waals surface area contributed by atoms with E-state index in [1.54, 1.807) is 25.1 Å². The van der Waals surface area contributed by atoms with E-state index in [-0.39, 0.29) is 47.1 Å². The Hall–Kier alpha value is -3.84. The molecule has 0 bridgehead atoms. The average molecular weight is 547 g/mol. The van der Waals surface area contributed by atoms with Crippen molar-refractivity contribution in [2.75, 3.05) is 10.6 Å². The lowest BCUT2D eigenvalue weighted by molar-refractivity contribution is -0.151. The number of nitrogens with one attached hydrogen (secondary N) is 2. The van der Waals surface area contributed by atoms with Crippen LogP contribution in [0.3, 0.4) is 0 Å². The molecule has 0 saturated heterocycles. The zero-order valence-electron chi connectivity index (χ0n) is 20.0. The third-order valence-electron chi connectivity index (χ3n) is 6.22. The van der Waals surface area contributed by atoms with E-state index in [1.807, 2.05) is 0 Å². The van der Waals surface area contributed by atoms with Gasteiger partial charge in [-0.3, -0.25) is 0 Å². The van der Waals surface area contributed by atoms with Gasteiger partial charge in [0.05, 0.1) is 16.1 Å². The Balaban J connectivity index is 1.53. The highest BCUT2D eigenvalue weighted by Gasteiger charge is 2.64. The SMILES string of the molecule is Cc1cc(CNc2nc(NC3(C(F)(F)F)CC3)c3nc(-c4ccc(F)cc4)ccc3n2)cc(S(N)(=O)=O)c1. The summed E-state index contributed by atoms with van der Waals surface area (Å²) in [5.74, 6) is -0.514. The molecular weight excluding hydrogens is 524 g/mol. The number of hydrogen-bond acceptors (Lipinski definition) is 7. The van der Waals surface area contributed by atoms with Gasteiger partial charge in [0.2, 0.25) is 16.0 Å². The molecule has 2 heterocycles. The molecule has 4 aromatic rings. The number of halogens is 4. The lowest BCUT2D eigenvalue weighted by Gasteiger charge is -2.22. The first-order valence-electron chi connectivity index (χ1n) is 11.5. The Bertz CT molecular complexity index is 1640.